The number of nitrogens with zero attached hydrogens (tertiary/aromatic N) is 2. The minimum Gasteiger partial charge on any atom is -0.452 e. The molecule has 0 fully saturated rings. The number of anilines is 1. The molecule has 8 nitrogen and oxygen atoms in total. The maximum absolute atomic E-state index is 11.9. The molecule has 1 amide bonds. The van der Waals surface area contributed by atoms with Crippen LogP contribution in [0.15, 0.2) is 34.1 Å². The minimum absolute atomic E-state index is 0.0495. The van der Waals surface area contributed by atoms with Gasteiger partial charge in [-0.3, -0.25) is 14.9 Å². The van der Waals surface area contributed by atoms with Gasteiger partial charge < -0.3 is 10.1 Å². The van der Waals surface area contributed by atoms with Crippen LogP contribution in [0.25, 0.3) is 0 Å². The smallest absolute Gasteiger partial charge is 0.338 e. The Morgan fingerprint density at radius 3 is 2.83 bits per heavy atom. The molecule has 0 spiro atoms. The number of ether oxygens (including phenoxy) is 1. The molecular weight excluding hydrogens is 402 g/mol. The fourth-order valence-corrected chi connectivity index (χ4v) is 2.80. The van der Waals surface area contributed by atoms with Gasteiger partial charge in [0.15, 0.2) is 6.61 Å². The van der Waals surface area contributed by atoms with Crippen LogP contribution in [0.5, 0.6) is 0 Å². The first kappa shape index (κ1) is 17.6. The lowest BCUT2D eigenvalue weighted by Gasteiger charge is -2.06. The van der Waals surface area contributed by atoms with Crippen molar-refractivity contribution in [3.8, 4) is 6.07 Å². The van der Waals surface area contributed by atoms with Crippen molar-refractivity contribution in [1.29, 1.82) is 5.26 Å². The summed E-state index contributed by atoms with van der Waals surface area (Å²) in [6, 6.07) is 7.20. The Balaban J connectivity index is 1.98. The number of carbonyl (C=O) groups excluding carboxylic acids is 2. The highest BCUT2D eigenvalue weighted by Gasteiger charge is 2.18. The number of hydrogen-bond acceptors (Lipinski definition) is 7. The molecule has 122 valence electrons. The SMILES string of the molecule is N#Cc1ccsc1NC(=O)COC(=O)c1ccc(Br)c([N+](=O)[O-])c1. The molecule has 0 aliphatic rings. The first-order valence-electron chi connectivity index (χ1n) is 6.31. The lowest BCUT2D eigenvalue weighted by molar-refractivity contribution is -0.385. The topological polar surface area (TPSA) is 122 Å². The van der Waals surface area contributed by atoms with Crippen LogP contribution in [0.3, 0.4) is 0 Å². The first-order chi connectivity index (χ1) is 11.4. The number of thiophene rings is 1. The highest BCUT2D eigenvalue weighted by atomic mass is 79.9. The highest BCUT2D eigenvalue weighted by molar-refractivity contribution is 9.10. The molecular formula is C14H8BrN3O5S. The van der Waals surface area contributed by atoms with Gasteiger partial charge in [0.25, 0.3) is 11.6 Å². The van der Waals surface area contributed by atoms with Crippen LogP contribution in [0.2, 0.25) is 0 Å². The molecule has 0 saturated heterocycles. The lowest BCUT2D eigenvalue weighted by atomic mass is 10.2. The van der Waals surface area contributed by atoms with Crippen molar-refractivity contribution in [2.45, 2.75) is 0 Å². The number of nitro benzene ring substituents is 1. The van der Waals surface area contributed by atoms with Gasteiger partial charge in [0.1, 0.15) is 11.1 Å². The zero-order valence-corrected chi connectivity index (χ0v) is 14.2. The average Bonchev–Trinajstić information content (AvgIpc) is 2.99. The number of nitro groups is 1. The molecule has 2 rings (SSSR count). The summed E-state index contributed by atoms with van der Waals surface area (Å²) >= 11 is 4.17. The van der Waals surface area contributed by atoms with Gasteiger partial charge in [0, 0.05) is 6.07 Å². The number of halogens is 1. The van der Waals surface area contributed by atoms with E-state index >= 15 is 0 Å². The first-order valence-corrected chi connectivity index (χ1v) is 7.98. The van der Waals surface area contributed by atoms with Crippen LogP contribution < -0.4 is 5.32 Å². The summed E-state index contributed by atoms with van der Waals surface area (Å²) in [4.78, 5) is 33.8. The van der Waals surface area contributed by atoms with Crippen LogP contribution in [0.4, 0.5) is 10.7 Å². The summed E-state index contributed by atoms with van der Waals surface area (Å²) in [5, 5.41) is 24.1. The Kier molecular flexibility index (Phi) is 5.62. The molecule has 0 radical (unpaired) electrons. The van der Waals surface area contributed by atoms with Gasteiger partial charge in [-0.2, -0.15) is 5.26 Å². The third-order valence-electron chi connectivity index (χ3n) is 2.75. The molecule has 10 heteroatoms. The van der Waals surface area contributed by atoms with Crippen LogP contribution >= 0.6 is 27.3 Å². The van der Waals surface area contributed by atoms with E-state index < -0.39 is 23.4 Å². The van der Waals surface area contributed by atoms with E-state index in [9.17, 15) is 19.7 Å². The summed E-state index contributed by atoms with van der Waals surface area (Å²) in [6.45, 7) is -0.578. The predicted molar refractivity (Wildman–Crippen MR) is 88.7 cm³/mol. The van der Waals surface area contributed by atoms with Crippen molar-refractivity contribution < 1.29 is 19.2 Å². The Labute approximate surface area is 147 Å². The van der Waals surface area contributed by atoms with Gasteiger partial charge in [0.05, 0.1) is 20.5 Å². The number of carbonyl (C=O) groups is 2. The molecule has 0 bridgehead atoms. The van der Waals surface area contributed by atoms with Crippen molar-refractivity contribution in [3.63, 3.8) is 0 Å². The third kappa shape index (κ3) is 4.15. The molecule has 2 aromatic rings. The zero-order valence-electron chi connectivity index (χ0n) is 11.8. The number of benzene rings is 1. The second-order valence-corrected chi connectivity index (χ2v) is 6.09. The Morgan fingerprint density at radius 2 is 2.17 bits per heavy atom. The largest absolute Gasteiger partial charge is 0.452 e. The summed E-state index contributed by atoms with van der Waals surface area (Å²) in [5.74, 6) is -1.48. The minimum atomic E-state index is -0.868. The quantitative estimate of drug-likeness (QED) is 0.459. The van der Waals surface area contributed by atoms with Gasteiger partial charge in [0.2, 0.25) is 0 Å². The molecule has 1 N–H and O–H groups in total. The number of esters is 1. The number of nitriles is 1. The van der Waals surface area contributed by atoms with E-state index in [1.54, 1.807) is 11.4 Å². The second kappa shape index (κ2) is 7.67. The van der Waals surface area contributed by atoms with Crippen LogP contribution in [0.1, 0.15) is 15.9 Å². The summed E-state index contributed by atoms with van der Waals surface area (Å²) in [6.07, 6.45) is 0. The molecule has 1 aromatic heterocycles. The van der Waals surface area contributed by atoms with Crippen LogP contribution in [-0.4, -0.2) is 23.4 Å². The number of amides is 1. The van der Waals surface area contributed by atoms with Crippen molar-refractivity contribution in [1.82, 2.24) is 0 Å². The van der Waals surface area contributed by atoms with E-state index in [1.807, 2.05) is 6.07 Å². The van der Waals surface area contributed by atoms with Crippen molar-refractivity contribution in [2.75, 3.05) is 11.9 Å². The molecule has 0 unspecified atom stereocenters. The molecule has 0 aliphatic carbocycles. The second-order valence-electron chi connectivity index (χ2n) is 4.32. The summed E-state index contributed by atoms with van der Waals surface area (Å²) in [7, 11) is 0. The van der Waals surface area contributed by atoms with E-state index in [4.69, 9.17) is 10.00 Å². The number of rotatable bonds is 5. The molecule has 0 saturated carbocycles. The summed E-state index contributed by atoms with van der Waals surface area (Å²) < 4.78 is 5.05. The van der Waals surface area contributed by atoms with Crippen molar-refractivity contribution in [2.24, 2.45) is 0 Å². The maximum Gasteiger partial charge on any atom is 0.338 e. The van der Waals surface area contributed by atoms with Gasteiger partial charge in [-0.25, -0.2) is 4.79 Å². The van der Waals surface area contributed by atoms with E-state index in [2.05, 4.69) is 21.2 Å². The summed E-state index contributed by atoms with van der Waals surface area (Å²) in [5.41, 5.74) is -0.0269. The fraction of sp³-hybridized carbons (Fsp3) is 0.0714. The molecule has 1 heterocycles. The van der Waals surface area contributed by atoms with Crippen LogP contribution in [-0.2, 0) is 9.53 Å². The average molecular weight is 410 g/mol. The highest BCUT2D eigenvalue weighted by Crippen LogP contribution is 2.26. The van der Waals surface area contributed by atoms with Gasteiger partial charge in [-0.15, -0.1) is 11.3 Å². The fourth-order valence-electron chi connectivity index (χ4n) is 1.65. The third-order valence-corrected chi connectivity index (χ3v) is 4.25. The van der Waals surface area contributed by atoms with E-state index in [1.165, 1.54) is 12.1 Å². The normalized spacial score (nSPS) is 9.83. The molecule has 0 aliphatic heterocycles. The van der Waals surface area contributed by atoms with E-state index in [0.717, 1.165) is 17.4 Å². The number of hydrogen-bond donors (Lipinski definition) is 1. The molecule has 24 heavy (non-hydrogen) atoms. The maximum atomic E-state index is 11.9. The lowest BCUT2D eigenvalue weighted by Crippen LogP contribution is -2.20. The van der Waals surface area contributed by atoms with Gasteiger partial charge in [-0.1, -0.05) is 0 Å². The number of nitrogens with one attached hydrogen (secondary N) is 1. The van der Waals surface area contributed by atoms with Crippen LogP contribution in [0, 0.1) is 21.4 Å². The molecule has 0 atom stereocenters. The van der Waals surface area contributed by atoms with E-state index in [0.29, 0.717) is 10.6 Å². The monoisotopic (exact) mass is 409 g/mol. The standard InChI is InChI=1S/C14H8BrN3O5S/c15-10-2-1-8(5-11(10)18(21)22)14(20)23-7-12(19)17-13-9(6-16)3-4-24-13/h1-5H,7H2,(H,17,19). The van der Waals surface area contributed by atoms with Crippen molar-refractivity contribution >= 4 is 49.8 Å². The Hall–Kier alpha value is -2.77. The molecule has 1 aromatic carbocycles. The van der Waals surface area contributed by atoms with E-state index in [-0.39, 0.29) is 15.7 Å². The zero-order chi connectivity index (χ0) is 17.7. The van der Waals surface area contributed by atoms with Crippen molar-refractivity contribution in [3.05, 3.63) is 55.4 Å². The van der Waals surface area contributed by atoms with Gasteiger partial charge in [-0.05, 0) is 39.5 Å². The Morgan fingerprint density at radius 1 is 1.42 bits per heavy atom. The predicted octanol–water partition coefficient (Wildman–Crippen LogP) is 3.09. The Bertz CT molecular complexity index is 858. The van der Waals surface area contributed by atoms with Gasteiger partial charge >= 0.3 is 5.97 Å².